The van der Waals surface area contributed by atoms with Crippen LogP contribution in [0, 0.1) is 0 Å². The first-order valence-corrected chi connectivity index (χ1v) is 14.3. The van der Waals surface area contributed by atoms with Crippen LogP contribution in [0.4, 0.5) is 11.8 Å². The number of ether oxygens (including phenoxy) is 2. The molecule has 0 bridgehead atoms. The normalized spacial score (nSPS) is 21.4. The molecule has 0 unspecified atom stereocenters. The third-order valence-electron chi connectivity index (χ3n) is 7.75. The fourth-order valence-electron chi connectivity index (χ4n) is 5.62. The Kier molecular flexibility index (Phi) is 7.30. The van der Waals surface area contributed by atoms with E-state index >= 15 is 0 Å². The Morgan fingerprint density at radius 2 is 1.75 bits per heavy atom. The fraction of sp³-hybridized carbons (Fsp3) is 0.593. The minimum absolute atomic E-state index is 0.117. The largest absolute Gasteiger partial charge is 0.381 e. The highest BCUT2D eigenvalue weighted by Gasteiger charge is 2.28. The molecule has 192 valence electrons. The van der Waals surface area contributed by atoms with Gasteiger partial charge >= 0.3 is 0 Å². The van der Waals surface area contributed by atoms with Crippen molar-refractivity contribution in [2.45, 2.75) is 49.0 Å². The highest BCUT2D eigenvalue weighted by atomic mass is 32.2. The van der Waals surface area contributed by atoms with Crippen LogP contribution in [0.15, 0.2) is 29.2 Å². The van der Waals surface area contributed by atoms with Crippen molar-refractivity contribution in [3.05, 3.63) is 41.1 Å². The number of fused-ring (bicyclic) bond motifs is 1. The maximum atomic E-state index is 13.0. The third kappa shape index (κ3) is 5.19. The van der Waals surface area contributed by atoms with Gasteiger partial charge in [-0.15, -0.1) is 11.8 Å². The molecule has 36 heavy (non-hydrogen) atoms. The first-order valence-electron chi connectivity index (χ1n) is 13.3. The Balaban J connectivity index is 1.13. The number of carbonyl (C=O) groups excluding carboxylic acids is 1. The van der Waals surface area contributed by atoms with E-state index in [1.807, 2.05) is 28.8 Å². The van der Waals surface area contributed by atoms with Crippen molar-refractivity contribution in [2.24, 2.45) is 0 Å². The third-order valence-corrected chi connectivity index (χ3v) is 8.88. The van der Waals surface area contributed by atoms with Gasteiger partial charge in [-0.1, -0.05) is 12.1 Å². The van der Waals surface area contributed by atoms with Crippen LogP contribution in [0.1, 0.15) is 53.2 Å². The van der Waals surface area contributed by atoms with Crippen LogP contribution < -0.4 is 10.2 Å². The first kappa shape index (κ1) is 24.0. The van der Waals surface area contributed by atoms with Gasteiger partial charge in [0.1, 0.15) is 5.82 Å². The summed E-state index contributed by atoms with van der Waals surface area (Å²) in [4.78, 5) is 28.5. The quantitative estimate of drug-likeness (QED) is 0.655. The monoisotopic (exact) mass is 509 g/mol. The minimum atomic E-state index is 0.117. The summed E-state index contributed by atoms with van der Waals surface area (Å²) >= 11 is 1.87. The van der Waals surface area contributed by atoms with Crippen molar-refractivity contribution in [1.82, 2.24) is 14.9 Å². The summed E-state index contributed by atoms with van der Waals surface area (Å²) in [7, 11) is 0. The Labute approximate surface area is 217 Å². The number of benzene rings is 1. The molecular weight excluding hydrogens is 474 g/mol. The Morgan fingerprint density at radius 1 is 0.972 bits per heavy atom. The topological polar surface area (TPSA) is 79.8 Å². The van der Waals surface area contributed by atoms with Crippen LogP contribution in [-0.2, 0) is 15.9 Å². The van der Waals surface area contributed by atoms with Gasteiger partial charge in [0, 0.05) is 63.2 Å². The van der Waals surface area contributed by atoms with Crippen molar-refractivity contribution in [2.75, 3.05) is 68.6 Å². The van der Waals surface area contributed by atoms with Crippen molar-refractivity contribution >= 4 is 29.4 Å². The molecule has 1 aromatic heterocycles. The summed E-state index contributed by atoms with van der Waals surface area (Å²) in [5.41, 5.74) is 3.25. The van der Waals surface area contributed by atoms with Crippen molar-refractivity contribution < 1.29 is 14.3 Å². The number of anilines is 2. The second kappa shape index (κ2) is 10.9. The predicted molar refractivity (Wildman–Crippen MR) is 141 cm³/mol. The second-order valence-corrected chi connectivity index (χ2v) is 11.2. The van der Waals surface area contributed by atoms with Crippen LogP contribution in [0.5, 0.6) is 0 Å². The summed E-state index contributed by atoms with van der Waals surface area (Å²) in [5, 5.41) is 3.72. The van der Waals surface area contributed by atoms with Crippen LogP contribution in [0.2, 0.25) is 0 Å². The summed E-state index contributed by atoms with van der Waals surface area (Å²) in [5.74, 6) is 3.52. The van der Waals surface area contributed by atoms with Crippen LogP contribution >= 0.6 is 11.8 Å². The lowest BCUT2D eigenvalue weighted by molar-refractivity contribution is 0.0303. The Morgan fingerprint density at radius 3 is 2.56 bits per heavy atom. The van der Waals surface area contributed by atoms with Gasteiger partial charge in [-0.05, 0) is 49.3 Å². The molecule has 1 amide bonds. The molecule has 0 spiro atoms. The van der Waals surface area contributed by atoms with E-state index < -0.39 is 0 Å². The number of amides is 1. The number of aromatic nitrogens is 2. The average molecular weight is 510 g/mol. The molecule has 0 aliphatic carbocycles. The molecule has 0 saturated carbocycles. The molecule has 0 atom stereocenters. The number of hydrogen-bond donors (Lipinski definition) is 1. The van der Waals surface area contributed by atoms with Gasteiger partial charge < -0.3 is 24.6 Å². The van der Waals surface area contributed by atoms with Gasteiger partial charge in [0.25, 0.3) is 5.91 Å². The van der Waals surface area contributed by atoms with Crippen molar-refractivity contribution in [3.63, 3.8) is 0 Å². The number of piperidine rings is 1. The number of hydrogen-bond acceptors (Lipinski definition) is 8. The van der Waals surface area contributed by atoms with E-state index in [1.54, 1.807) is 0 Å². The zero-order valence-electron chi connectivity index (χ0n) is 20.8. The SMILES string of the molecule is O=C(c1cccc(C2CCN(c3nc4c(c(NC5CCOCC5)n3)SCC4)CC2)c1)N1CCOCC1. The zero-order chi connectivity index (χ0) is 24.3. The number of nitrogens with zero attached hydrogens (tertiary/aromatic N) is 4. The van der Waals surface area contributed by atoms with Gasteiger partial charge in [-0.3, -0.25) is 4.79 Å². The summed E-state index contributed by atoms with van der Waals surface area (Å²) < 4.78 is 10.9. The highest BCUT2D eigenvalue weighted by Crippen LogP contribution is 2.38. The van der Waals surface area contributed by atoms with Gasteiger partial charge in [-0.25, -0.2) is 4.98 Å². The molecule has 3 fully saturated rings. The molecule has 1 N–H and O–H groups in total. The molecule has 2 aromatic rings. The Hall–Kier alpha value is -2.36. The molecular formula is C27H35N5O3S. The lowest BCUT2D eigenvalue weighted by atomic mass is 9.88. The van der Waals surface area contributed by atoms with E-state index in [4.69, 9.17) is 19.4 Å². The first-order chi connectivity index (χ1) is 17.7. The van der Waals surface area contributed by atoms with E-state index in [-0.39, 0.29) is 5.91 Å². The molecule has 9 heteroatoms. The molecule has 4 aliphatic rings. The van der Waals surface area contributed by atoms with E-state index in [1.165, 1.54) is 16.2 Å². The lowest BCUT2D eigenvalue weighted by Gasteiger charge is -2.33. The minimum Gasteiger partial charge on any atom is -0.381 e. The predicted octanol–water partition coefficient (Wildman–Crippen LogP) is 3.57. The van der Waals surface area contributed by atoms with E-state index in [0.717, 1.165) is 81.5 Å². The zero-order valence-corrected chi connectivity index (χ0v) is 21.6. The molecule has 8 nitrogen and oxygen atoms in total. The maximum Gasteiger partial charge on any atom is 0.254 e. The lowest BCUT2D eigenvalue weighted by Crippen LogP contribution is -2.40. The molecule has 5 heterocycles. The number of carbonyl (C=O) groups is 1. The average Bonchev–Trinajstić information content (AvgIpc) is 3.43. The molecule has 6 rings (SSSR count). The highest BCUT2D eigenvalue weighted by molar-refractivity contribution is 7.99. The number of rotatable bonds is 5. The van der Waals surface area contributed by atoms with Crippen molar-refractivity contribution in [3.8, 4) is 0 Å². The maximum absolute atomic E-state index is 13.0. The van der Waals surface area contributed by atoms with Crippen LogP contribution in [0.3, 0.4) is 0 Å². The molecule has 0 radical (unpaired) electrons. The smallest absolute Gasteiger partial charge is 0.254 e. The molecule has 1 aromatic carbocycles. The molecule has 4 aliphatic heterocycles. The van der Waals surface area contributed by atoms with E-state index in [9.17, 15) is 4.79 Å². The van der Waals surface area contributed by atoms with E-state index in [2.05, 4.69) is 22.3 Å². The number of morpholine rings is 1. The van der Waals surface area contributed by atoms with Gasteiger partial charge in [0.05, 0.1) is 23.8 Å². The van der Waals surface area contributed by atoms with E-state index in [0.29, 0.717) is 38.3 Å². The number of aryl methyl sites for hydroxylation is 1. The standard InChI is InChI=1S/C27H35N5O3S/c33-26(31-11-15-35-16-12-31)21-3-1-2-20(18-21)19-4-9-32(10-5-19)27-29-23-8-17-36-24(23)25(30-27)28-22-6-13-34-14-7-22/h1-3,18-19,22H,4-17H2,(H,28,29,30). The number of thioether (sulfide) groups is 1. The van der Waals surface area contributed by atoms with Crippen LogP contribution in [-0.4, -0.2) is 85.2 Å². The van der Waals surface area contributed by atoms with Gasteiger partial charge in [0.2, 0.25) is 5.95 Å². The van der Waals surface area contributed by atoms with Crippen molar-refractivity contribution in [1.29, 1.82) is 0 Å². The summed E-state index contributed by atoms with van der Waals surface area (Å²) in [6.07, 6.45) is 5.13. The van der Waals surface area contributed by atoms with Crippen LogP contribution in [0.25, 0.3) is 0 Å². The summed E-state index contributed by atoms with van der Waals surface area (Å²) in [6.45, 7) is 6.08. The van der Waals surface area contributed by atoms with Gasteiger partial charge in [-0.2, -0.15) is 4.98 Å². The second-order valence-electron chi connectivity index (χ2n) is 10.1. The summed E-state index contributed by atoms with van der Waals surface area (Å²) in [6, 6.07) is 8.68. The fourth-order valence-corrected chi connectivity index (χ4v) is 6.67. The Bertz CT molecular complexity index is 1080. The molecule has 3 saturated heterocycles. The van der Waals surface area contributed by atoms with Gasteiger partial charge in [0.15, 0.2) is 0 Å². The number of nitrogens with one attached hydrogen (secondary N) is 1.